The van der Waals surface area contributed by atoms with Crippen LogP contribution in [0.4, 0.5) is 0 Å². The van der Waals surface area contributed by atoms with E-state index >= 15 is 0 Å². The summed E-state index contributed by atoms with van der Waals surface area (Å²) in [5, 5.41) is 11.6. The van der Waals surface area contributed by atoms with Gasteiger partial charge in [-0.15, -0.1) is 0 Å². The second kappa shape index (κ2) is 5.04. The summed E-state index contributed by atoms with van der Waals surface area (Å²) >= 11 is 0. The van der Waals surface area contributed by atoms with Crippen LogP contribution in [0.3, 0.4) is 0 Å². The number of pyridine rings is 1. The molecule has 90 valence electrons. The highest BCUT2D eigenvalue weighted by Gasteiger charge is 2.07. The molecule has 0 aliphatic carbocycles. The molecule has 1 aromatic heterocycles. The van der Waals surface area contributed by atoms with E-state index in [4.69, 9.17) is 0 Å². The molecule has 1 N–H and O–H groups in total. The fourth-order valence-corrected chi connectivity index (χ4v) is 2.02. The lowest BCUT2D eigenvalue weighted by Crippen LogP contribution is -2.19. The number of nitrogens with zero attached hydrogens (tertiary/aromatic N) is 1. The molecule has 0 amide bonds. The Labute approximate surface area is 100 Å². The minimum atomic E-state index is -0.127. The normalized spacial score (nSPS) is 10.9. The Bertz CT molecular complexity index is 572. The van der Waals surface area contributed by atoms with Crippen molar-refractivity contribution in [1.82, 2.24) is 4.57 Å². The highest BCUT2D eigenvalue weighted by molar-refractivity contribution is 5.86. The Morgan fingerprint density at radius 2 is 2.00 bits per heavy atom. The van der Waals surface area contributed by atoms with Crippen molar-refractivity contribution in [2.24, 2.45) is 0 Å². The van der Waals surface area contributed by atoms with E-state index in [0.29, 0.717) is 6.54 Å². The maximum atomic E-state index is 11.9. The first kappa shape index (κ1) is 11.7. The van der Waals surface area contributed by atoms with E-state index in [-0.39, 0.29) is 11.4 Å². The molecule has 0 atom stereocenters. The molecular formula is C14H17NO2. The molecule has 0 aliphatic rings. The number of unbranched alkanes of at least 4 members (excludes halogenated alkanes) is 2. The summed E-state index contributed by atoms with van der Waals surface area (Å²) in [7, 11) is 0. The number of rotatable bonds is 4. The van der Waals surface area contributed by atoms with Crippen LogP contribution in [0, 0.1) is 0 Å². The van der Waals surface area contributed by atoms with Crippen LogP contribution in [-0.4, -0.2) is 9.67 Å². The maximum absolute atomic E-state index is 11.9. The molecule has 3 heteroatoms. The van der Waals surface area contributed by atoms with Crippen molar-refractivity contribution in [1.29, 1.82) is 0 Å². The quantitative estimate of drug-likeness (QED) is 0.822. The lowest BCUT2D eigenvalue weighted by molar-refractivity contribution is 0.407. The second-order valence-electron chi connectivity index (χ2n) is 4.25. The zero-order valence-electron chi connectivity index (χ0n) is 10.0. The molecule has 0 spiro atoms. The standard InChI is InChI=1S/C14H17NO2/c1-2-3-6-9-15-13(16)10-11-7-4-5-8-12(11)14(15)17/h4-5,7-8,10,17H,2-3,6,9H2,1H3. The van der Waals surface area contributed by atoms with Gasteiger partial charge in [0.2, 0.25) is 5.88 Å². The van der Waals surface area contributed by atoms with Gasteiger partial charge in [-0.05, 0) is 17.9 Å². The fraction of sp³-hybridized carbons (Fsp3) is 0.357. The summed E-state index contributed by atoms with van der Waals surface area (Å²) < 4.78 is 1.46. The van der Waals surface area contributed by atoms with Crippen molar-refractivity contribution in [2.45, 2.75) is 32.7 Å². The molecule has 0 saturated heterocycles. The molecule has 0 aliphatic heterocycles. The summed E-state index contributed by atoms with van der Waals surface area (Å²) in [4.78, 5) is 11.9. The zero-order valence-corrected chi connectivity index (χ0v) is 10.0. The predicted molar refractivity (Wildman–Crippen MR) is 69.4 cm³/mol. The number of aromatic hydroxyl groups is 1. The van der Waals surface area contributed by atoms with Crippen molar-refractivity contribution in [3.8, 4) is 5.88 Å². The van der Waals surface area contributed by atoms with E-state index in [9.17, 15) is 9.90 Å². The van der Waals surface area contributed by atoms with Crippen LogP contribution in [0.15, 0.2) is 35.1 Å². The summed E-state index contributed by atoms with van der Waals surface area (Å²) in [5.41, 5.74) is -0.127. The van der Waals surface area contributed by atoms with Gasteiger partial charge in [0.15, 0.2) is 0 Å². The third-order valence-electron chi connectivity index (χ3n) is 2.99. The van der Waals surface area contributed by atoms with Crippen molar-refractivity contribution in [3.05, 3.63) is 40.7 Å². The average molecular weight is 231 g/mol. The molecule has 0 fully saturated rings. The van der Waals surface area contributed by atoms with Crippen molar-refractivity contribution in [3.63, 3.8) is 0 Å². The molecule has 0 bridgehead atoms. The van der Waals surface area contributed by atoms with Crippen LogP contribution in [-0.2, 0) is 6.54 Å². The SMILES string of the molecule is CCCCCn1c(O)c2ccccc2cc1=O. The molecule has 0 unspecified atom stereocenters. The van der Waals surface area contributed by atoms with Crippen LogP contribution >= 0.6 is 0 Å². The Balaban J connectivity index is 2.45. The van der Waals surface area contributed by atoms with Crippen molar-refractivity contribution >= 4 is 10.8 Å². The smallest absolute Gasteiger partial charge is 0.253 e. The Morgan fingerprint density at radius 3 is 2.76 bits per heavy atom. The topological polar surface area (TPSA) is 42.2 Å². The zero-order chi connectivity index (χ0) is 12.3. The van der Waals surface area contributed by atoms with Crippen LogP contribution in [0.2, 0.25) is 0 Å². The van der Waals surface area contributed by atoms with E-state index in [1.807, 2.05) is 24.3 Å². The molecule has 17 heavy (non-hydrogen) atoms. The van der Waals surface area contributed by atoms with Gasteiger partial charge < -0.3 is 5.11 Å². The lowest BCUT2D eigenvalue weighted by Gasteiger charge is -2.10. The summed E-state index contributed by atoms with van der Waals surface area (Å²) in [6.07, 6.45) is 3.09. The Hall–Kier alpha value is -1.77. The van der Waals surface area contributed by atoms with Gasteiger partial charge in [0.05, 0.1) is 0 Å². The highest BCUT2D eigenvalue weighted by Crippen LogP contribution is 2.22. The number of aromatic nitrogens is 1. The first-order valence-corrected chi connectivity index (χ1v) is 6.05. The lowest BCUT2D eigenvalue weighted by atomic mass is 10.1. The minimum absolute atomic E-state index is 0.0872. The number of hydrogen-bond donors (Lipinski definition) is 1. The van der Waals surface area contributed by atoms with E-state index in [0.717, 1.165) is 30.0 Å². The molecule has 0 radical (unpaired) electrons. The average Bonchev–Trinajstić information content (AvgIpc) is 2.33. The molecular weight excluding hydrogens is 214 g/mol. The summed E-state index contributed by atoms with van der Waals surface area (Å²) in [6.45, 7) is 2.70. The van der Waals surface area contributed by atoms with Gasteiger partial charge in [0.1, 0.15) is 0 Å². The van der Waals surface area contributed by atoms with E-state index in [1.165, 1.54) is 4.57 Å². The third-order valence-corrected chi connectivity index (χ3v) is 2.99. The summed E-state index contributed by atoms with van der Waals surface area (Å²) in [6, 6.07) is 8.99. The van der Waals surface area contributed by atoms with Gasteiger partial charge >= 0.3 is 0 Å². The van der Waals surface area contributed by atoms with Crippen LogP contribution in [0.25, 0.3) is 10.8 Å². The first-order chi connectivity index (χ1) is 8.24. The molecule has 2 aromatic rings. The number of hydrogen-bond acceptors (Lipinski definition) is 2. The van der Waals surface area contributed by atoms with Gasteiger partial charge in [-0.1, -0.05) is 38.0 Å². The Kier molecular flexibility index (Phi) is 3.47. The minimum Gasteiger partial charge on any atom is -0.494 e. The molecule has 2 rings (SSSR count). The number of fused-ring (bicyclic) bond motifs is 1. The second-order valence-corrected chi connectivity index (χ2v) is 4.25. The van der Waals surface area contributed by atoms with E-state index < -0.39 is 0 Å². The first-order valence-electron chi connectivity index (χ1n) is 6.05. The third kappa shape index (κ3) is 2.33. The maximum Gasteiger partial charge on any atom is 0.253 e. The number of benzene rings is 1. The van der Waals surface area contributed by atoms with Crippen LogP contribution in [0.1, 0.15) is 26.2 Å². The molecule has 1 heterocycles. The van der Waals surface area contributed by atoms with Gasteiger partial charge in [-0.25, -0.2) is 0 Å². The molecule has 1 aromatic carbocycles. The molecule has 0 saturated carbocycles. The highest BCUT2D eigenvalue weighted by atomic mass is 16.3. The van der Waals surface area contributed by atoms with Crippen LogP contribution < -0.4 is 5.56 Å². The van der Waals surface area contributed by atoms with E-state index in [1.54, 1.807) is 6.07 Å². The van der Waals surface area contributed by atoms with Gasteiger partial charge in [0.25, 0.3) is 5.56 Å². The van der Waals surface area contributed by atoms with Gasteiger partial charge in [-0.2, -0.15) is 0 Å². The van der Waals surface area contributed by atoms with Crippen LogP contribution in [0.5, 0.6) is 5.88 Å². The predicted octanol–water partition coefficient (Wildman–Crippen LogP) is 2.90. The van der Waals surface area contributed by atoms with Gasteiger partial charge in [-0.3, -0.25) is 9.36 Å². The molecule has 3 nitrogen and oxygen atoms in total. The largest absolute Gasteiger partial charge is 0.494 e. The van der Waals surface area contributed by atoms with Crippen molar-refractivity contribution in [2.75, 3.05) is 0 Å². The Morgan fingerprint density at radius 1 is 1.24 bits per heavy atom. The van der Waals surface area contributed by atoms with E-state index in [2.05, 4.69) is 6.92 Å². The monoisotopic (exact) mass is 231 g/mol. The summed E-state index contributed by atoms with van der Waals surface area (Å²) in [5.74, 6) is 0.0872. The fourth-order valence-electron chi connectivity index (χ4n) is 2.02. The van der Waals surface area contributed by atoms with Crippen molar-refractivity contribution < 1.29 is 5.11 Å². The van der Waals surface area contributed by atoms with Gasteiger partial charge in [0, 0.05) is 18.0 Å².